The van der Waals surface area contributed by atoms with E-state index in [1.54, 1.807) is 32.5 Å². The predicted molar refractivity (Wildman–Crippen MR) is 96.4 cm³/mol. The standard InChI is InChI=1S/C19H23N3O3/c1-24-16-9-15(10-17(11-16)25-2)22-8-6-14(13-22)12-21-19(23)18-5-3-4-7-20-18/h3-5,7,9-11,14H,6,8,12-13H2,1-2H3,(H,21,23). The lowest BCUT2D eigenvalue weighted by Crippen LogP contribution is -2.31. The lowest BCUT2D eigenvalue weighted by Gasteiger charge is -2.20. The van der Waals surface area contributed by atoms with Crippen molar-refractivity contribution in [1.29, 1.82) is 0 Å². The highest BCUT2D eigenvalue weighted by atomic mass is 16.5. The van der Waals surface area contributed by atoms with E-state index in [0.717, 1.165) is 36.7 Å². The number of rotatable bonds is 6. The number of ether oxygens (including phenoxy) is 2. The van der Waals surface area contributed by atoms with Gasteiger partial charge in [0, 0.05) is 49.7 Å². The number of anilines is 1. The smallest absolute Gasteiger partial charge is 0.269 e. The minimum absolute atomic E-state index is 0.123. The number of carbonyl (C=O) groups excluding carboxylic acids is 1. The largest absolute Gasteiger partial charge is 0.497 e. The summed E-state index contributed by atoms with van der Waals surface area (Å²) in [5, 5.41) is 2.98. The molecule has 1 N–H and O–H groups in total. The summed E-state index contributed by atoms with van der Waals surface area (Å²) in [6, 6.07) is 11.2. The van der Waals surface area contributed by atoms with E-state index in [9.17, 15) is 4.79 Å². The molecule has 1 amide bonds. The highest BCUT2D eigenvalue weighted by molar-refractivity contribution is 5.92. The van der Waals surface area contributed by atoms with Gasteiger partial charge in [0.25, 0.3) is 5.91 Å². The fourth-order valence-corrected chi connectivity index (χ4v) is 3.03. The topological polar surface area (TPSA) is 63.7 Å². The van der Waals surface area contributed by atoms with Gasteiger partial charge in [-0.1, -0.05) is 6.07 Å². The number of hydrogen-bond donors (Lipinski definition) is 1. The number of methoxy groups -OCH3 is 2. The number of aromatic nitrogens is 1. The van der Waals surface area contributed by atoms with Crippen LogP contribution in [0.15, 0.2) is 42.6 Å². The van der Waals surface area contributed by atoms with E-state index < -0.39 is 0 Å². The highest BCUT2D eigenvalue weighted by Crippen LogP contribution is 2.31. The van der Waals surface area contributed by atoms with Crippen LogP contribution in [0.5, 0.6) is 11.5 Å². The van der Waals surface area contributed by atoms with Crippen LogP contribution in [0.25, 0.3) is 0 Å². The molecule has 132 valence electrons. The quantitative estimate of drug-likeness (QED) is 0.874. The van der Waals surface area contributed by atoms with Crippen molar-refractivity contribution in [3.8, 4) is 11.5 Å². The van der Waals surface area contributed by atoms with E-state index in [1.165, 1.54) is 0 Å². The maximum Gasteiger partial charge on any atom is 0.269 e. The van der Waals surface area contributed by atoms with Crippen molar-refractivity contribution in [2.75, 3.05) is 38.8 Å². The van der Waals surface area contributed by atoms with Crippen molar-refractivity contribution in [3.63, 3.8) is 0 Å². The predicted octanol–water partition coefficient (Wildman–Crippen LogP) is 2.36. The van der Waals surface area contributed by atoms with Crippen molar-refractivity contribution in [2.24, 2.45) is 5.92 Å². The van der Waals surface area contributed by atoms with Gasteiger partial charge in [0.2, 0.25) is 0 Å². The van der Waals surface area contributed by atoms with Crippen LogP contribution in [0.1, 0.15) is 16.9 Å². The van der Waals surface area contributed by atoms with Gasteiger partial charge >= 0.3 is 0 Å². The summed E-state index contributed by atoms with van der Waals surface area (Å²) in [5.74, 6) is 1.84. The molecule has 2 heterocycles. The van der Waals surface area contributed by atoms with Crippen LogP contribution in [0.4, 0.5) is 5.69 Å². The van der Waals surface area contributed by atoms with Gasteiger partial charge in [-0.05, 0) is 24.5 Å². The first-order valence-electron chi connectivity index (χ1n) is 8.37. The van der Waals surface area contributed by atoms with Crippen LogP contribution >= 0.6 is 0 Å². The molecule has 1 atom stereocenters. The van der Waals surface area contributed by atoms with Crippen LogP contribution in [-0.4, -0.2) is 44.7 Å². The van der Waals surface area contributed by atoms with Crippen LogP contribution in [0.3, 0.4) is 0 Å². The molecule has 1 aliphatic rings. The first-order valence-corrected chi connectivity index (χ1v) is 8.37. The molecular formula is C19H23N3O3. The Kier molecular flexibility index (Phi) is 5.38. The third-order valence-electron chi connectivity index (χ3n) is 4.44. The Morgan fingerprint density at radius 2 is 2.00 bits per heavy atom. The van der Waals surface area contributed by atoms with Gasteiger partial charge in [0.1, 0.15) is 17.2 Å². The Morgan fingerprint density at radius 1 is 1.24 bits per heavy atom. The number of amides is 1. The Bertz CT molecular complexity index is 699. The Hall–Kier alpha value is -2.76. The molecule has 0 spiro atoms. The molecule has 25 heavy (non-hydrogen) atoms. The summed E-state index contributed by atoms with van der Waals surface area (Å²) in [6.07, 6.45) is 2.66. The fourth-order valence-electron chi connectivity index (χ4n) is 3.03. The average Bonchev–Trinajstić information content (AvgIpc) is 3.15. The summed E-state index contributed by atoms with van der Waals surface area (Å²) in [6.45, 7) is 2.48. The Morgan fingerprint density at radius 3 is 2.64 bits per heavy atom. The zero-order valence-electron chi connectivity index (χ0n) is 14.6. The van der Waals surface area contributed by atoms with Crippen LogP contribution < -0.4 is 19.7 Å². The second-order valence-corrected chi connectivity index (χ2v) is 6.10. The Balaban J connectivity index is 1.58. The maximum absolute atomic E-state index is 12.1. The number of nitrogens with zero attached hydrogens (tertiary/aromatic N) is 2. The number of nitrogens with one attached hydrogen (secondary N) is 1. The van der Waals surface area contributed by atoms with Crippen molar-refractivity contribution < 1.29 is 14.3 Å². The second-order valence-electron chi connectivity index (χ2n) is 6.10. The van der Waals surface area contributed by atoms with Crippen molar-refractivity contribution >= 4 is 11.6 Å². The Labute approximate surface area is 147 Å². The molecular weight excluding hydrogens is 318 g/mol. The first-order chi connectivity index (χ1) is 12.2. The normalized spacial score (nSPS) is 16.6. The number of pyridine rings is 1. The molecule has 1 aromatic carbocycles. The molecule has 1 fully saturated rings. The van der Waals surface area contributed by atoms with E-state index in [1.807, 2.05) is 24.3 Å². The number of benzene rings is 1. The van der Waals surface area contributed by atoms with E-state index in [2.05, 4.69) is 15.2 Å². The molecule has 0 radical (unpaired) electrons. The molecule has 0 aliphatic carbocycles. The van der Waals surface area contributed by atoms with E-state index in [0.29, 0.717) is 18.2 Å². The van der Waals surface area contributed by atoms with Gasteiger partial charge in [0.15, 0.2) is 0 Å². The molecule has 6 heteroatoms. The van der Waals surface area contributed by atoms with Gasteiger partial charge in [-0.15, -0.1) is 0 Å². The molecule has 3 rings (SSSR count). The zero-order valence-corrected chi connectivity index (χ0v) is 14.6. The van der Waals surface area contributed by atoms with E-state index in [4.69, 9.17) is 9.47 Å². The number of carbonyl (C=O) groups is 1. The van der Waals surface area contributed by atoms with Crippen LogP contribution in [-0.2, 0) is 0 Å². The molecule has 1 aromatic heterocycles. The van der Waals surface area contributed by atoms with E-state index >= 15 is 0 Å². The third-order valence-corrected chi connectivity index (χ3v) is 4.44. The molecule has 0 bridgehead atoms. The molecule has 1 unspecified atom stereocenters. The average molecular weight is 341 g/mol. The number of hydrogen-bond acceptors (Lipinski definition) is 5. The van der Waals surface area contributed by atoms with Crippen LogP contribution in [0, 0.1) is 5.92 Å². The summed E-state index contributed by atoms with van der Waals surface area (Å²) in [4.78, 5) is 18.5. The summed E-state index contributed by atoms with van der Waals surface area (Å²) < 4.78 is 10.7. The third kappa shape index (κ3) is 4.21. The van der Waals surface area contributed by atoms with E-state index in [-0.39, 0.29) is 5.91 Å². The molecule has 6 nitrogen and oxygen atoms in total. The summed E-state index contributed by atoms with van der Waals surface area (Å²) >= 11 is 0. The van der Waals surface area contributed by atoms with Gasteiger partial charge in [-0.3, -0.25) is 9.78 Å². The molecule has 2 aromatic rings. The second kappa shape index (κ2) is 7.88. The van der Waals surface area contributed by atoms with Gasteiger partial charge in [-0.2, -0.15) is 0 Å². The minimum atomic E-state index is -0.123. The molecule has 1 saturated heterocycles. The zero-order chi connectivity index (χ0) is 17.6. The fraction of sp³-hybridized carbons (Fsp3) is 0.368. The van der Waals surface area contributed by atoms with Crippen molar-refractivity contribution in [3.05, 3.63) is 48.3 Å². The first kappa shape index (κ1) is 17.1. The van der Waals surface area contributed by atoms with Gasteiger partial charge in [-0.25, -0.2) is 0 Å². The highest BCUT2D eigenvalue weighted by Gasteiger charge is 2.24. The summed E-state index contributed by atoms with van der Waals surface area (Å²) in [7, 11) is 3.30. The molecule has 0 saturated carbocycles. The maximum atomic E-state index is 12.1. The molecule has 1 aliphatic heterocycles. The minimum Gasteiger partial charge on any atom is -0.497 e. The lowest BCUT2D eigenvalue weighted by atomic mass is 10.1. The van der Waals surface area contributed by atoms with Crippen LogP contribution in [0.2, 0.25) is 0 Å². The lowest BCUT2D eigenvalue weighted by molar-refractivity contribution is 0.0943. The van der Waals surface area contributed by atoms with Crippen molar-refractivity contribution in [1.82, 2.24) is 10.3 Å². The van der Waals surface area contributed by atoms with Gasteiger partial charge < -0.3 is 19.7 Å². The summed E-state index contributed by atoms with van der Waals surface area (Å²) in [5.41, 5.74) is 1.53. The van der Waals surface area contributed by atoms with Gasteiger partial charge in [0.05, 0.1) is 14.2 Å². The monoisotopic (exact) mass is 341 g/mol. The van der Waals surface area contributed by atoms with Crippen molar-refractivity contribution in [2.45, 2.75) is 6.42 Å². The SMILES string of the molecule is COc1cc(OC)cc(N2CCC(CNC(=O)c3ccccn3)C2)c1.